The van der Waals surface area contributed by atoms with E-state index >= 15 is 0 Å². The van der Waals surface area contributed by atoms with Gasteiger partial charge in [0.2, 0.25) is 0 Å². The van der Waals surface area contributed by atoms with Crippen LogP contribution in [0.25, 0.3) is 11.1 Å². The molecule has 162 valence electrons. The number of alkyl halides is 5. The summed E-state index contributed by atoms with van der Waals surface area (Å²) in [4.78, 5) is 12.1. The fraction of sp³-hybridized carbons (Fsp3) is 0.136. The van der Waals surface area contributed by atoms with Crippen molar-refractivity contribution in [3.8, 4) is 11.1 Å². The molecule has 0 fully saturated rings. The van der Waals surface area contributed by atoms with Gasteiger partial charge in [-0.3, -0.25) is 4.79 Å². The first-order chi connectivity index (χ1) is 14.5. The van der Waals surface area contributed by atoms with Gasteiger partial charge < -0.3 is 5.32 Å². The highest BCUT2D eigenvalue weighted by Crippen LogP contribution is 2.36. The molecule has 1 N–H and O–H groups in total. The van der Waals surface area contributed by atoms with Gasteiger partial charge in [-0.15, -0.1) is 0 Å². The zero-order chi connectivity index (χ0) is 22.8. The molecule has 3 rings (SSSR count). The molecule has 0 spiro atoms. The Morgan fingerprint density at radius 2 is 1.45 bits per heavy atom. The highest BCUT2D eigenvalue weighted by atomic mass is 35.5. The largest absolute Gasteiger partial charge is 0.417 e. The quantitative estimate of drug-likeness (QED) is 0.425. The predicted octanol–water partition coefficient (Wildman–Crippen LogP) is 6.69. The molecule has 2 nitrogen and oxygen atoms in total. The molecule has 1 amide bonds. The molecule has 3 aromatic carbocycles. The zero-order valence-electron chi connectivity index (χ0n) is 15.6. The van der Waals surface area contributed by atoms with E-state index in [1.54, 1.807) is 0 Å². The van der Waals surface area contributed by atoms with E-state index in [9.17, 15) is 31.1 Å². The van der Waals surface area contributed by atoms with E-state index in [1.165, 1.54) is 42.5 Å². The van der Waals surface area contributed by atoms with Crippen molar-refractivity contribution in [3.05, 3.63) is 94.3 Å². The van der Waals surface area contributed by atoms with E-state index < -0.39 is 47.1 Å². The summed E-state index contributed by atoms with van der Waals surface area (Å²) in [5.74, 6) is -5.39. The normalized spacial score (nSPS) is 12.0. The summed E-state index contributed by atoms with van der Waals surface area (Å²) < 4.78 is 81.4. The molecule has 0 bridgehead atoms. The van der Waals surface area contributed by atoms with Crippen molar-refractivity contribution in [2.75, 3.05) is 6.54 Å². The van der Waals surface area contributed by atoms with Crippen LogP contribution in [0.1, 0.15) is 21.5 Å². The van der Waals surface area contributed by atoms with E-state index in [2.05, 4.69) is 0 Å². The number of amides is 1. The van der Waals surface area contributed by atoms with E-state index in [-0.39, 0.29) is 5.02 Å². The second-order valence-corrected chi connectivity index (χ2v) is 7.04. The Bertz CT molecular complexity index is 1100. The fourth-order valence-electron chi connectivity index (χ4n) is 2.94. The SMILES string of the molecule is O=C(NCC(F)(F)c1ccc(-c2ccc(F)cc2)cc1Cl)c1ccccc1C(F)(F)F. The van der Waals surface area contributed by atoms with E-state index in [4.69, 9.17) is 11.6 Å². The summed E-state index contributed by atoms with van der Waals surface area (Å²) in [5.41, 5.74) is -1.58. The van der Waals surface area contributed by atoms with Crippen molar-refractivity contribution in [1.29, 1.82) is 0 Å². The summed E-state index contributed by atoms with van der Waals surface area (Å²) in [5, 5.41) is 1.53. The first kappa shape index (κ1) is 22.7. The van der Waals surface area contributed by atoms with E-state index in [1.807, 2.05) is 5.32 Å². The topological polar surface area (TPSA) is 29.1 Å². The fourth-order valence-corrected chi connectivity index (χ4v) is 3.26. The second kappa shape index (κ2) is 8.63. The average molecular weight is 458 g/mol. The Hall–Kier alpha value is -3.00. The number of nitrogens with one attached hydrogen (secondary N) is 1. The van der Waals surface area contributed by atoms with Gasteiger partial charge in [0.15, 0.2) is 0 Å². The maximum atomic E-state index is 14.6. The van der Waals surface area contributed by atoms with Gasteiger partial charge in [0.1, 0.15) is 5.82 Å². The highest BCUT2D eigenvalue weighted by molar-refractivity contribution is 6.31. The molecular weight excluding hydrogens is 444 g/mol. The van der Waals surface area contributed by atoms with Crippen molar-refractivity contribution in [2.24, 2.45) is 0 Å². The third-order valence-electron chi connectivity index (χ3n) is 4.49. The number of halogens is 7. The molecule has 0 atom stereocenters. The van der Waals surface area contributed by atoms with Crippen LogP contribution in [-0.2, 0) is 12.1 Å². The molecular formula is C22H14ClF6NO. The van der Waals surface area contributed by atoms with Gasteiger partial charge in [-0.2, -0.15) is 22.0 Å². The number of benzene rings is 3. The van der Waals surface area contributed by atoms with Crippen LogP contribution in [0.3, 0.4) is 0 Å². The van der Waals surface area contributed by atoms with E-state index in [0.717, 1.165) is 18.2 Å². The summed E-state index contributed by atoms with van der Waals surface area (Å²) >= 11 is 6.00. The van der Waals surface area contributed by atoms with E-state index in [0.29, 0.717) is 17.2 Å². The lowest BCUT2D eigenvalue weighted by Crippen LogP contribution is -2.36. The molecule has 0 aromatic heterocycles. The Morgan fingerprint density at radius 1 is 0.839 bits per heavy atom. The van der Waals surface area contributed by atoms with Crippen molar-refractivity contribution >= 4 is 17.5 Å². The molecule has 0 aliphatic carbocycles. The van der Waals surface area contributed by atoms with Gasteiger partial charge in [0.05, 0.1) is 22.7 Å². The molecule has 0 saturated heterocycles. The van der Waals surface area contributed by atoms with Crippen LogP contribution in [0.2, 0.25) is 5.02 Å². The van der Waals surface area contributed by atoms with Gasteiger partial charge >= 0.3 is 6.18 Å². The number of hydrogen-bond donors (Lipinski definition) is 1. The smallest absolute Gasteiger partial charge is 0.346 e. The van der Waals surface area contributed by atoms with Gasteiger partial charge in [0.25, 0.3) is 11.8 Å². The van der Waals surface area contributed by atoms with Crippen molar-refractivity contribution in [3.63, 3.8) is 0 Å². The third-order valence-corrected chi connectivity index (χ3v) is 4.80. The minimum absolute atomic E-state index is 0.309. The van der Waals surface area contributed by atoms with Crippen LogP contribution in [-0.4, -0.2) is 12.5 Å². The lowest BCUT2D eigenvalue weighted by atomic mass is 10.0. The Labute approximate surface area is 178 Å². The average Bonchev–Trinajstić information content (AvgIpc) is 2.71. The molecule has 9 heteroatoms. The van der Waals surface area contributed by atoms with Gasteiger partial charge in [-0.05, 0) is 41.5 Å². The minimum Gasteiger partial charge on any atom is -0.346 e. The van der Waals surface area contributed by atoms with Crippen LogP contribution in [0.15, 0.2) is 66.7 Å². The maximum absolute atomic E-state index is 14.6. The molecule has 0 saturated carbocycles. The molecule has 0 aliphatic heterocycles. The van der Waals surface area contributed by atoms with Crippen LogP contribution < -0.4 is 5.32 Å². The monoisotopic (exact) mass is 457 g/mol. The summed E-state index contributed by atoms with van der Waals surface area (Å²) in [6, 6.07) is 12.9. The zero-order valence-corrected chi connectivity index (χ0v) is 16.4. The minimum atomic E-state index is -4.81. The van der Waals surface area contributed by atoms with Crippen molar-refractivity contribution in [2.45, 2.75) is 12.1 Å². The molecule has 0 heterocycles. The molecule has 0 unspecified atom stereocenters. The Kier molecular flexibility index (Phi) is 6.31. The van der Waals surface area contributed by atoms with Crippen molar-refractivity contribution in [1.82, 2.24) is 5.32 Å². The van der Waals surface area contributed by atoms with Crippen LogP contribution in [0.4, 0.5) is 26.3 Å². The second-order valence-electron chi connectivity index (χ2n) is 6.63. The molecule has 3 aromatic rings. The van der Waals surface area contributed by atoms with Gasteiger partial charge in [-0.25, -0.2) is 4.39 Å². The first-order valence-electron chi connectivity index (χ1n) is 8.87. The number of rotatable bonds is 5. The van der Waals surface area contributed by atoms with Crippen LogP contribution in [0.5, 0.6) is 0 Å². The third kappa shape index (κ3) is 5.19. The lowest BCUT2D eigenvalue weighted by Gasteiger charge is -2.20. The van der Waals surface area contributed by atoms with Gasteiger partial charge in [0, 0.05) is 5.56 Å². The van der Waals surface area contributed by atoms with Crippen LogP contribution >= 0.6 is 11.6 Å². The molecule has 0 aliphatic rings. The first-order valence-corrected chi connectivity index (χ1v) is 9.25. The summed E-state index contributed by atoms with van der Waals surface area (Å²) in [7, 11) is 0. The lowest BCUT2D eigenvalue weighted by molar-refractivity contribution is -0.137. The Balaban J connectivity index is 1.78. The summed E-state index contributed by atoms with van der Waals surface area (Å²) in [6.45, 7) is -1.26. The standard InChI is InChI=1S/C22H14ClF6NO/c23-19-11-14(13-5-8-15(24)9-6-13)7-10-18(19)21(25,26)12-30-20(31)16-3-1-2-4-17(16)22(27,28)29/h1-11H,12H2,(H,30,31). The number of hydrogen-bond acceptors (Lipinski definition) is 1. The number of carbonyl (C=O) groups excluding carboxylic acids is 1. The van der Waals surface area contributed by atoms with Crippen LogP contribution in [0, 0.1) is 5.82 Å². The molecule has 31 heavy (non-hydrogen) atoms. The molecule has 0 radical (unpaired) electrons. The maximum Gasteiger partial charge on any atom is 0.417 e. The highest BCUT2D eigenvalue weighted by Gasteiger charge is 2.37. The predicted molar refractivity (Wildman–Crippen MR) is 105 cm³/mol. The summed E-state index contributed by atoms with van der Waals surface area (Å²) in [6.07, 6.45) is -4.81. The Morgan fingerprint density at radius 3 is 2.06 bits per heavy atom. The van der Waals surface area contributed by atoms with Gasteiger partial charge in [-0.1, -0.05) is 48.0 Å². The van der Waals surface area contributed by atoms with Crippen molar-refractivity contribution < 1.29 is 31.1 Å². The number of carbonyl (C=O) groups is 1.